The Labute approximate surface area is 112 Å². The van der Waals surface area contributed by atoms with Crippen LogP contribution in [-0.4, -0.2) is 23.7 Å². The van der Waals surface area contributed by atoms with Gasteiger partial charge in [-0.2, -0.15) is 13.2 Å². The molecule has 0 aliphatic carbocycles. The third-order valence-electron chi connectivity index (χ3n) is 2.15. The Morgan fingerprint density at radius 3 is 2.50 bits per heavy atom. The molecule has 0 amide bonds. The lowest BCUT2D eigenvalue weighted by atomic mass is 10.0. The Morgan fingerprint density at radius 1 is 1.35 bits per heavy atom. The van der Waals surface area contributed by atoms with Crippen LogP contribution in [0.25, 0.3) is 0 Å². The molecule has 0 saturated carbocycles. The minimum Gasteiger partial charge on any atom is -0.478 e. The molecule has 1 rings (SSSR count). The van der Waals surface area contributed by atoms with Crippen molar-refractivity contribution in [2.45, 2.75) is 13.1 Å². The van der Waals surface area contributed by atoms with Crippen molar-refractivity contribution in [1.29, 1.82) is 0 Å². The van der Waals surface area contributed by atoms with E-state index < -0.39 is 34.8 Å². The van der Waals surface area contributed by atoms with Crippen molar-refractivity contribution in [2.24, 2.45) is 0 Å². The Morgan fingerprint density at radius 2 is 2.00 bits per heavy atom. The molecule has 4 nitrogen and oxygen atoms in total. The van der Waals surface area contributed by atoms with Gasteiger partial charge in [0.25, 0.3) is 0 Å². The van der Waals surface area contributed by atoms with Crippen molar-refractivity contribution in [3.8, 4) is 11.8 Å². The number of hydrogen-bond donors (Lipinski definition) is 1. The van der Waals surface area contributed by atoms with Gasteiger partial charge in [-0.25, -0.2) is 9.59 Å². The highest BCUT2D eigenvalue weighted by Crippen LogP contribution is 2.30. The van der Waals surface area contributed by atoms with Gasteiger partial charge in [0.05, 0.1) is 17.7 Å². The minimum absolute atomic E-state index is 0.0574. The van der Waals surface area contributed by atoms with E-state index in [1.54, 1.807) is 0 Å². The molecule has 1 aromatic carbocycles. The fraction of sp³-hybridized carbons (Fsp3) is 0.231. The van der Waals surface area contributed by atoms with Crippen LogP contribution in [0.5, 0.6) is 0 Å². The number of benzene rings is 1. The van der Waals surface area contributed by atoms with Crippen LogP contribution in [0.1, 0.15) is 28.4 Å². The summed E-state index contributed by atoms with van der Waals surface area (Å²) in [4.78, 5) is 21.9. The highest BCUT2D eigenvalue weighted by atomic mass is 19.4. The summed E-state index contributed by atoms with van der Waals surface area (Å²) >= 11 is 0. The summed E-state index contributed by atoms with van der Waals surface area (Å²) in [6.07, 6.45) is -4.63. The normalized spacial score (nSPS) is 10.4. The number of esters is 1. The number of carbonyl (C=O) groups is 2. The molecule has 0 bridgehead atoms. The number of alkyl halides is 3. The van der Waals surface area contributed by atoms with E-state index in [9.17, 15) is 22.8 Å². The third kappa shape index (κ3) is 4.02. The summed E-state index contributed by atoms with van der Waals surface area (Å²) < 4.78 is 42.1. The average molecular weight is 286 g/mol. The van der Waals surface area contributed by atoms with Crippen molar-refractivity contribution in [3.63, 3.8) is 0 Å². The van der Waals surface area contributed by atoms with Gasteiger partial charge >= 0.3 is 18.1 Å². The van der Waals surface area contributed by atoms with Gasteiger partial charge in [-0.05, 0) is 25.1 Å². The Bertz CT molecular complexity index is 594. The number of ether oxygens (including phenoxy) is 1. The number of hydrogen-bond acceptors (Lipinski definition) is 3. The first-order valence-corrected chi connectivity index (χ1v) is 5.39. The van der Waals surface area contributed by atoms with E-state index >= 15 is 0 Å². The lowest BCUT2D eigenvalue weighted by molar-refractivity contribution is -0.138. The minimum atomic E-state index is -4.63. The van der Waals surface area contributed by atoms with Crippen LogP contribution in [0.4, 0.5) is 13.2 Å². The second-order valence-electron chi connectivity index (χ2n) is 3.53. The quantitative estimate of drug-likeness (QED) is 0.669. The summed E-state index contributed by atoms with van der Waals surface area (Å²) in [6.45, 7) is 1.59. The van der Waals surface area contributed by atoms with E-state index in [1.165, 1.54) is 6.92 Å². The van der Waals surface area contributed by atoms with Gasteiger partial charge < -0.3 is 9.84 Å². The van der Waals surface area contributed by atoms with Gasteiger partial charge in [0.2, 0.25) is 0 Å². The van der Waals surface area contributed by atoms with Gasteiger partial charge in [-0.3, -0.25) is 0 Å². The first-order valence-electron chi connectivity index (χ1n) is 5.39. The van der Waals surface area contributed by atoms with Gasteiger partial charge in [0.1, 0.15) is 0 Å². The van der Waals surface area contributed by atoms with Crippen LogP contribution < -0.4 is 0 Å². The Hall–Kier alpha value is -2.49. The molecule has 0 saturated heterocycles. The van der Waals surface area contributed by atoms with Gasteiger partial charge in [-0.1, -0.05) is 5.92 Å². The number of carboxylic acids is 1. The number of halogens is 3. The predicted molar refractivity (Wildman–Crippen MR) is 61.9 cm³/mol. The molecule has 0 atom stereocenters. The van der Waals surface area contributed by atoms with Crippen molar-refractivity contribution < 1.29 is 32.6 Å². The zero-order chi connectivity index (χ0) is 15.3. The highest BCUT2D eigenvalue weighted by molar-refractivity contribution is 5.93. The van der Waals surface area contributed by atoms with Crippen molar-refractivity contribution in [3.05, 3.63) is 34.9 Å². The SMILES string of the molecule is CCOC(=O)C#Cc1cc(C(F)(F)F)ccc1C(=O)O. The van der Waals surface area contributed by atoms with Crippen LogP contribution in [0.2, 0.25) is 0 Å². The molecule has 0 aromatic heterocycles. The van der Waals surface area contributed by atoms with Crippen LogP contribution in [0.15, 0.2) is 18.2 Å². The zero-order valence-corrected chi connectivity index (χ0v) is 10.2. The number of aromatic carboxylic acids is 1. The molecule has 0 heterocycles. The maximum absolute atomic E-state index is 12.5. The van der Waals surface area contributed by atoms with E-state index in [1.807, 2.05) is 5.92 Å². The molecule has 0 unspecified atom stereocenters. The van der Waals surface area contributed by atoms with E-state index in [2.05, 4.69) is 10.7 Å². The van der Waals surface area contributed by atoms with Crippen LogP contribution in [0, 0.1) is 11.8 Å². The molecule has 0 fully saturated rings. The molecule has 7 heteroatoms. The fourth-order valence-corrected chi connectivity index (χ4v) is 1.30. The Balaban J connectivity index is 3.26. The smallest absolute Gasteiger partial charge is 0.416 e. The first kappa shape index (κ1) is 15.6. The molecular weight excluding hydrogens is 277 g/mol. The van der Waals surface area contributed by atoms with Gasteiger partial charge in [-0.15, -0.1) is 0 Å². The molecule has 20 heavy (non-hydrogen) atoms. The van der Waals surface area contributed by atoms with E-state index in [0.717, 1.165) is 6.07 Å². The monoisotopic (exact) mass is 286 g/mol. The van der Waals surface area contributed by atoms with Crippen molar-refractivity contribution in [1.82, 2.24) is 0 Å². The number of rotatable bonds is 2. The standard InChI is InChI=1S/C13H9F3O4/c1-2-20-11(17)6-3-8-7-9(13(14,15)16)4-5-10(8)12(18)19/h4-5,7H,2H2,1H3,(H,18,19). The van der Waals surface area contributed by atoms with E-state index in [0.29, 0.717) is 12.1 Å². The maximum Gasteiger partial charge on any atom is 0.416 e. The highest BCUT2D eigenvalue weighted by Gasteiger charge is 2.31. The molecule has 0 aliphatic rings. The van der Waals surface area contributed by atoms with Crippen LogP contribution >= 0.6 is 0 Å². The molecule has 0 aliphatic heterocycles. The Kier molecular flexibility index (Phi) is 4.75. The summed E-state index contributed by atoms with van der Waals surface area (Å²) in [6, 6.07) is 2.01. The zero-order valence-electron chi connectivity index (χ0n) is 10.2. The van der Waals surface area contributed by atoms with Crippen molar-refractivity contribution >= 4 is 11.9 Å². The third-order valence-corrected chi connectivity index (χ3v) is 2.15. The second-order valence-corrected chi connectivity index (χ2v) is 3.53. The molecule has 106 valence electrons. The summed E-state index contributed by atoms with van der Waals surface area (Å²) in [5, 5.41) is 8.86. The first-order chi connectivity index (χ1) is 9.25. The predicted octanol–water partition coefficient (Wildman–Crippen LogP) is 2.32. The second kappa shape index (κ2) is 6.10. The number of carboxylic acid groups (broad SMARTS) is 1. The van der Waals surface area contributed by atoms with Gasteiger partial charge in [0, 0.05) is 11.5 Å². The molecule has 0 spiro atoms. The molecule has 1 aromatic rings. The van der Waals surface area contributed by atoms with E-state index in [4.69, 9.17) is 5.11 Å². The summed E-state index contributed by atoms with van der Waals surface area (Å²) in [7, 11) is 0. The van der Waals surface area contributed by atoms with Gasteiger partial charge in [0.15, 0.2) is 0 Å². The van der Waals surface area contributed by atoms with Crippen LogP contribution in [-0.2, 0) is 15.7 Å². The molecule has 1 N–H and O–H groups in total. The lowest BCUT2D eigenvalue weighted by Crippen LogP contribution is -2.08. The topological polar surface area (TPSA) is 63.6 Å². The summed E-state index contributed by atoms with van der Waals surface area (Å²) in [5.74, 6) is 1.64. The largest absolute Gasteiger partial charge is 0.478 e. The molecule has 0 radical (unpaired) electrons. The van der Waals surface area contributed by atoms with Crippen LogP contribution in [0.3, 0.4) is 0 Å². The number of carbonyl (C=O) groups excluding carboxylic acids is 1. The van der Waals surface area contributed by atoms with Crippen molar-refractivity contribution in [2.75, 3.05) is 6.61 Å². The summed E-state index contributed by atoms with van der Waals surface area (Å²) in [5.41, 5.74) is -1.87. The van der Waals surface area contributed by atoms with E-state index in [-0.39, 0.29) is 6.61 Å². The molecular formula is C13H9F3O4. The lowest BCUT2D eigenvalue weighted by Gasteiger charge is -2.08. The maximum atomic E-state index is 12.5. The average Bonchev–Trinajstić information content (AvgIpc) is 2.35. The fourth-order valence-electron chi connectivity index (χ4n) is 1.30.